The van der Waals surface area contributed by atoms with Crippen molar-refractivity contribution in [1.29, 1.82) is 0 Å². The summed E-state index contributed by atoms with van der Waals surface area (Å²) in [6, 6.07) is 36.8. The van der Waals surface area contributed by atoms with Crippen molar-refractivity contribution in [2.45, 2.75) is 24.4 Å². The molecular weight excluding hydrogens is 522 g/mol. The molecule has 0 unspecified atom stereocenters. The Balaban J connectivity index is 1.22. The Kier molecular flexibility index (Phi) is 6.96. The Labute approximate surface area is 247 Å². The van der Waals surface area contributed by atoms with Crippen LogP contribution in [0.15, 0.2) is 109 Å². The number of benzene rings is 4. The third-order valence-corrected chi connectivity index (χ3v) is 9.32. The quantitative estimate of drug-likeness (QED) is 0.312. The van der Waals surface area contributed by atoms with Crippen molar-refractivity contribution in [3.05, 3.63) is 126 Å². The summed E-state index contributed by atoms with van der Waals surface area (Å²) in [5, 5.41) is 3.83. The summed E-state index contributed by atoms with van der Waals surface area (Å²) in [5.74, 6) is 0.701. The molecule has 0 radical (unpaired) electrons. The average molecular weight is 560 g/mol. The summed E-state index contributed by atoms with van der Waals surface area (Å²) in [5.41, 5.74) is 4.71. The van der Waals surface area contributed by atoms with Gasteiger partial charge in [-0.2, -0.15) is 0 Å². The van der Waals surface area contributed by atoms with Gasteiger partial charge in [-0.3, -0.25) is 10.1 Å². The van der Waals surface area contributed by atoms with Crippen molar-refractivity contribution in [1.82, 2.24) is 5.32 Å². The van der Waals surface area contributed by atoms with Gasteiger partial charge in [-0.15, -0.1) is 0 Å². The molecule has 4 aromatic carbocycles. The van der Waals surface area contributed by atoms with Gasteiger partial charge in [-0.05, 0) is 47.7 Å². The number of ether oxygens (including phenoxy) is 2. The molecule has 6 nitrogen and oxygen atoms in total. The SMILES string of the molecule is CN1C(=O)[C@@H](NC(c2ccccc2)(c2ccccc2)c2ccccc2)COc2ccc(N3CC4(CCOCC4)C3)cc21. The molecule has 0 aliphatic carbocycles. The maximum absolute atomic E-state index is 14.2. The number of nitrogens with zero attached hydrogens (tertiary/aromatic N) is 2. The molecule has 214 valence electrons. The Morgan fingerprint density at radius 2 is 1.33 bits per heavy atom. The van der Waals surface area contributed by atoms with Crippen LogP contribution in [-0.4, -0.2) is 51.9 Å². The predicted molar refractivity (Wildman–Crippen MR) is 166 cm³/mol. The fourth-order valence-electron chi connectivity index (χ4n) is 6.93. The molecule has 1 atom stereocenters. The van der Waals surface area contributed by atoms with E-state index in [2.05, 4.69) is 58.7 Å². The highest BCUT2D eigenvalue weighted by Gasteiger charge is 2.45. The second kappa shape index (κ2) is 10.9. The van der Waals surface area contributed by atoms with Gasteiger partial charge < -0.3 is 19.3 Å². The van der Waals surface area contributed by atoms with Gasteiger partial charge in [0.05, 0.1) is 11.2 Å². The fraction of sp³-hybridized carbons (Fsp3) is 0.306. The number of fused-ring (bicyclic) bond motifs is 1. The van der Waals surface area contributed by atoms with Gasteiger partial charge in [0.2, 0.25) is 5.91 Å². The summed E-state index contributed by atoms with van der Waals surface area (Å²) in [7, 11) is 1.86. The maximum atomic E-state index is 14.2. The van der Waals surface area contributed by atoms with E-state index in [4.69, 9.17) is 9.47 Å². The van der Waals surface area contributed by atoms with Crippen LogP contribution in [0.25, 0.3) is 0 Å². The normalized spacial score (nSPS) is 19.9. The number of hydrogen-bond acceptors (Lipinski definition) is 5. The lowest BCUT2D eigenvalue weighted by atomic mass is 9.73. The second-order valence-corrected chi connectivity index (χ2v) is 11.9. The number of anilines is 2. The first-order valence-electron chi connectivity index (χ1n) is 14.9. The van der Waals surface area contributed by atoms with Gasteiger partial charge in [0.15, 0.2) is 0 Å². The van der Waals surface area contributed by atoms with E-state index in [-0.39, 0.29) is 12.5 Å². The van der Waals surface area contributed by atoms with Gasteiger partial charge in [-0.1, -0.05) is 91.0 Å². The number of carbonyl (C=O) groups excluding carboxylic acids is 1. The summed E-state index contributed by atoms with van der Waals surface area (Å²) in [6.07, 6.45) is 2.24. The van der Waals surface area contributed by atoms with Crippen LogP contribution in [0.1, 0.15) is 29.5 Å². The van der Waals surface area contributed by atoms with E-state index in [1.807, 2.05) is 67.7 Å². The molecular formula is C36H37N3O3. The lowest BCUT2D eigenvalue weighted by molar-refractivity contribution is -0.121. The van der Waals surface area contributed by atoms with Crippen molar-refractivity contribution in [3.63, 3.8) is 0 Å². The zero-order valence-electron chi connectivity index (χ0n) is 24.0. The predicted octanol–water partition coefficient (Wildman–Crippen LogP) is 5.61. The number of amides is 1. The van der Waals surface area contributed by atoms with Gasteiger partial charge in [-0.25, -0.2) is 0 Å². The Bertz CT molecular complexity index is 1430. The van der Waals surface area contributed by atoms with Crippen LogP contribution < -0.4 is 19.9 Å². The number of carbonyl (C=O) groups is 1. The summed E-state index contributed by atoms with van der Waals surface area (Å²) < 4.78 is 12.0. The van der Waals surface area contributed by atoms with E-state index in [0.29, 0.717) is 5.41 Å². The number of hydrogen-bond donors (Lipinski definition) is 1. The second-order valence-electron chi connectivity index (χ2n) is 11.9. The van der Waals surface area contributed by atoms with Gasteiger partial charge in [0.25, 0.3) is 0 Å². The first kappa shape index (κ1) is 26.7. The maximum Gasteiger partial charge on any atom is 0.247 e. The van der Waals surface area contributed by atoms with Gasteiger partial charge in [0.1, 0.15) is 18.4 Å². The molecule has 0 saturated carbocycles. The number of nitrogens with one attached hydrogen (secondary N) is 1. The van der Waals surface area contributed by atoms with Crippen molar-refractivity contribution < 1.29 is 14.3 Å². The molecule has 1 spiro atoms. The summed E-state index contributed by atoms with van der Waals surface area (Å²) in [6.45, 7) is 4.00. The van der Waals surface area contributed by atoms with Crippen LogP contribution in [0, 0.1) is 5.41 Å². The largest absolute Gasteiger partial charge is 0.489 e. The minimum Gasteiger partial charge on any atom is -0.489 e. The van der Waals surface area contributed by atoms with Crippen LogP contribution in [-0.2, 0) is 15.1 Å². The standard InChI is InChI=1S/C36H37N3O3/c1-38-32-23-30(39-25-35(26-39)19-21-41-22-20-35)17-18-33(32)42-24-31(34(38)40)37-36(27-11-5-2-6-12-27,28-13-7-3-8-14-28)29-15-9-4-10-16-29/h2-18,23,31,37H,19-22,24-26H2,1H3/t31-/m0/s1. The topological polar surface area (TPSA) is 54.0 Å². The Morgan fingerprint density at radius 1 is 0.786 bits per heavy atom. The van der Waals surface area contributed by atoms with Crippen molar-refractivity contribution >= 4 is 17.3 Å². The average Bonchev–Trinajstić information content (AvgIpc) is 3.15. The molecule has 0 bridgehead atoms. The molecule has 1 amide bonds. The van der Waals surface area contributed by atoms with Crippen LogP contribution in [0.5, 0.6) is 5.75 Å². The highest BCUT2D eigenvalue weighted by molar-refractivity contribution is 5.99. The Hall–Kier alpha value is -4.13. The molecule has 7 rings (SSSR count). The molecule has 4 aromatic rings. The van der Waals surface area contributed by atoms with Crippen molar-refractivity contribution in [3.8, 4) is 5.75 Å². The molecule has 6 heteroatoms. The Morgan fingerprint density at radius 3 is 1.88 bits per heavy atom. The summed E-state index contributed by atoms with van der Waals surface area (Å²) >= 11 is 0. The molecule has 1 N–H and O–H groups in total. The van der Waals surface area contributed by atoms with Crippen LogP contribution in [0.2, 0.25) is 0 Å². The third-order valence-electron chi connectivity index (χ3n) is 9.32. The van der Waals surface area contributed by atoms with Gasteiger partial charge >= 0.3 is 0 Å². The smallest absolute Gasteiger partial charge is 0.247 e. The highest BCUT2D eigenvalue weighted by atomic mass is 16.5. The zero-order valence-corrected chi connectivity index (χ0v) is 24.0. The first-order chi connectivity index (χ1) is 20.6. The lowest BCUT2D eigenvalue weighted by Gasteiger charge is -2.53. The fourth-order valence-corrected chi connectivity index (χ4v) is 6.93. The molecule has 3 aliphatic rings. The van der Waals surface area contributed by atoms with Crippen molar-refractivity contribution in [2.24, 2.45) is 5.41 Å². The molecule has 2 fully saturated rings. The monoisotopic (exact) mass is 559 g/mol. The zero-order chi connectivity index (χ0) is 28.6. The number of rotatable bonds is 6. The molecule has 42 heavy (non-hydrogen) atoms. The van der Waals surface area contributed by atoms with Crippen LogP contribution in [0.4, 0.5) is 11.4 Å². The first-order valence-corrected chi connectivity index (χ1v) is 14.9. The minimum absolute atomic E-state index is 0.0254. The molecule has 2 saturated heterocycles. The highest BCUT2D eigenvalue weighted by Crippen LogP contribution is 2.44. The minimum atomic E-state index is -0.772. The molecule has 3 heterocycles. The van der Waals surface area contributed by atoms with Crippen molar-refractivity contribution in [2.75, 3.05) is 49.8 Å². The number of likely N-dealkylation sites (N-methyl/N-ethyl adjacent to an activating group) is 1. The van der Waals surface area contributed by atoms with Gasteiger partial charge in [0, 0.05) is 44.5 Å². The van der Waals surface area contributed by atoms with E-state index in [1.165, 1.54) is 0 Å². The van der Waals surface area contributed by atoms with E-state index in [0.717, 1.165) is 73.0 Å². The lowest BCUT2D eigenvalue weighted by Crippen LogP contribution is -2.58. The van der Waals surface area contributed by atoms with Crippen LogP contribution >= 0.6 is 0 Å². The van der Waals surface area contributed by atoms with Crippen LogP contribution in [0.3, 0.4) is 0 Å². The third kappa shape index (κ3) is 4.65. The molecule has 3 aliphatic heterocycles. The van der Waals surface area contributed by atoms with E-state index < -0.39 is 11.6 Å². The van der Waals surface area contributed by atoms with E-state index in [9.17, 15) is 4.79 Å². The van der Waals surface area contributed by atoms with E-state index in [1.54, 1.807) is 4.90 Å². The van der Waals surface area contributed by atoms with E-state index >= 15 is 0 Å². The summed E-state index contributed by atoms with van der Waals surface area (Å²) in [4.78, 5) is 18.4. The molecule has 0 aromatic heterocycles.